The summed E-state index contributed by atoms with van der Waals surface area (Å²) >= 11 is 0. The molecule has 0 unspecified atom stereocenters. The maximum absolute atomic E-state index is 13.5. The van der Waals surface area contributed by atoms with Gasteiger partial charge in [-0.3, -0.25) is 9.48 Å². The highest BCUT2D eigenvalue weighted by Crippen LogP contribution is 2.39. The van der Waals surface area contributed by atoms with Crippen molar-refractivity contribution in [1.82, 2.24) is 25.1 Å². The molecule has 2 aliphatic carbocycles. The summed E-state index contributed by atoms with van der Waals surface area (Å²) in [4.78, 5) is 21.4. The van der Waals surface area contributed by atoms with Crippen LogP contribution < -0.4 is 5.32 Å². The Morgan fingerprint density at radius 2 is 1.70 bits per heavy atom. The van der Waals surface area contributed by atoms with Crippen LogP contribution in [0.5, 0.6) is 5.75 Å². The number of benzene rings is 2. The standard InChI is InChI=1S/C28H27F2N5O2/c29-23-9-20(10-24(30)26(23)36)28(37)33-12-16-1-7-22(8-2-16)35-15-19-6-5-18(11-25(19)34-35)27-31-13-21(14-32-27)17-3-4-17/h5-6,9-11,13-17,22,36H,1-4,7-8,12H2,(H,33,37). The number of aromatic nitrogens is 4. The van der Waals surface area contributed by atoms with Gasteiger partial charge in [0, 0.05) is 41.6 Å². The number of nitrogens with one attached hydrogen (secondary N) is 1. The Kier molecular flexibility index (Phi) is 6.06. The number of hydrogen-bond acceptors (Lipinski definition) is 5. The van der Waals surface area contributed by atoms with E-state index in [2.05, 4.69) is 27.5 Å². The van der Waals surface area contributed by atoms with Gasteiger partial charge in [-0.1, -0.05) is 12.1 Å². The number of aromatic hydroxyl groups is 1. The van der Waals surface area contributed by atoms with Crippen LogP contribution in [0.15, 0.2) is 48.9 Å². The third-order valence-corrected chi connectivity index (χ3v) is 7.52. The van der Waals surface area contributed by atoms with Crippen LogP contribution in [-0.4, -0.2) is 37.3 Å². The fraction of sp³-hybridized carbons (Fsp3) is 0.357. The summed E-state index contributed by atoms with van der Waals surface area (Å²) in [5, 5.41) is 17.9. The third-order valence-electron chi connectivity index (χ3n) is 7.52. The van der Waals surface area contributed by atoms with E-state index in [1.54, 1.807) is 0 Å². The van der Waals surface area contributed by atoms with E-state index in [9.17, 15) is 18.7 Å². The highest BCUT2D eigenvalue weighted by molar-refractivity contribution is 5.94. The molecule has 2 aromatic heterocycles. The second-order valence-electron chi connectivity index (χ2n) is 10.2. The zero-order chi connectivity index (χ0) is 25.5. The minimum Gasteiger partial charge on any atom is -0.503 e. The van der Waals surface area contributed by atoms with Gasteiger partial charge in [0.05, 0.1) is 11.6 Å². The van der Waals surface area contributed by atoms with Crippen LogP contribution >= 0.6 is 0 Å². The number of hydrogen-bond donors (Lipinski definition) is 2. The lowest BCUT2D eigenvalue weighted by Crippen LogP contribution is -2.31. The quantitative estimate of drug-likeness (QED) is 0.362. The molecule has 4 aromatic rings. The van der Waals surface area contributed by atoms with Gasteiger partial charge in [0.25, 0.3) is 5.91 Å². The van der Waals surface area contributed by atoms with Crippen LogP contribution in [0.2, 0.25) is 0 Å². The van der Waals surface area contributed by atoms with Gasteiger partial charge in [0.15, 0.2) is 23.2 Å². The zero-order valence-electron chi connectivity index (χ0n) is 20.2. The molecule has 190 valence electrons. The van der Waals surface area contributed by atoms with E-state index in [0.29, 0.717) is 18.3 Å². The maximum Gasteiger partial charge on any atom is 0.251 e. The van der Waals surface area contributed by atoms with Crippen LogP contribution in [-0.2, 0) is 0 Å². The van der Waals surface area contributed by atoms with Gasteiger partial charge in [-0.15, -0.1) is 0 Å². The largest absolute Gasteiger partial charge is 0.503 e. The summed E-state index contributed by atoms with van der Waals surface area (Å²) in [7, 11) is 0. The predicted molar refractivity (Wildman–Crippen MR) is 134 cm³/mol. The smallest absolute Gasteiger partial charge is 0.251 e. The van der Waals surface area contributed by atoms with E-state index >= 15 is 0 Å². The number of phenolic OH excluding ortho intramolecular Hbond substituents is 1. The molecule has 37 heavy (non-hydrogen) atoms. The van der Waals surface area contributed by atoms with Crippen molar-refractivity contribution in [2.45, 2.75) is 50.5 Å². The molecule has 0 saturated heterocycles. The van der Waals surface area contributed by atoms with Crippen LogP contribution in [0.25, 0.3) is 22.3 Å². The first-order chi connectivity index (χ1) is 17.9. The summed E-state index contributed by atoms with van der Waals surface area (Å²) in [5.41, 5.74) is 2.93. The molecule has 0 atom stereocenters. The van der Waals surface area contributed by atoms with Crippen molar-refractivity contribution >= 4 is 16.8 Å². The number of rotatable bonds is 6. The van der Waals surface area contributed by atoms with Gasteiger partial charge >= 0.3 is 0 Å². The van der Waals surface area contributed by atoms with Crippen molar-refractivity contribution in [1.29, 1.82) is 0 Å². The van der Waals surface area contributed by atoms with Gasteiger partial charge in [0.2, 0.25) is 0 Å². The van der Waals surface area contributed by atoms with E-state index in [0.717, 1.165) is 54.3 Å². The maximum atomic E-state index is 13.5. The fourth-order valence-corrected chi connectivity index (χ4v) is 5.13. The highest BCUT2D eigenvalue weighted by Gasteiger charge is 2.25. The molecule has 0 radical (unpaired) electrons. The van der Waals surface area contributed by atoms with Crippen molar-refractivity contribution in [3.8, 4) is 17.1 Å². The Morgan fingerprint density at radius 3 is 2.38 bits per heavy atom. The number of phenols is 1. The van der Waals surface area contributed by atoms with Gasteiger partial charge in [-0.25, -0.2) is 18.7 Å². The van der Waals surface area contributed by atoms with Gasteiger partial charge in [-0.05, 0) is 74.1 Å². The second kappa shape index (κ2) is 9.53. The molecule has 1 amide bonds. The van der Waals surface area contributed by atoms with E-state index < -0.39 is 23.3 Å². The van der Waals surface area contributed by atoms with Crippen LogP contribution in [0, 0.1) is 17.6 Å². The highest BCUT2D eigenvalue weighted by atomic mass is 19.1. The number of carbonyl (C=O) groups excluding carboxylic acids is 1. The van der Waals surface area contributed by atoms with Crippen LogP contribution in [0.4, 0.5) is 8.78 Å². The van der Waals surface area contributed by atoms with Crippen LogP contribution in [0.3, 0.4) is 0 Å². The summed E-state index contributed by atoms with van der Waals surface area (Å²) in [6.45, 7) is 0.430. The van der Waals surface area contributed by atoms with Gasteiger partial charge in [-0.2, -0.15) is 5.10 Å². The molecule has 0 bridgehead atoms. The first kappa shape index (κ1) is 23.5. The molecule has 2 N–H and O–H groups in total. The summed E-state index contributed by atoms with van der Waals surface area (Å²) in [6.07, 6.45) is 12.1. The van der Waals surface area contributed by atoms with E-state index in [-0.39, 0.29) is 17.5 Å². The summed E-state index contributed by atoms with van der Waals surface area (Å²) in [6, 6.07) is 8.08. The van der Waals surface area contributed by atoms with Crippen molar-refractivity contribution < 1.29 is 18.7 Å². The van der Waals surface area contributed by atoms with Gasteiger partial charge in [0.1, 0.15) is 0 Å². The lowest BCUT2D eigenvalue weighted by molar-refractivity contribution is 0.0940. The van der Waals surface area contributed by atoms with Crippen molar-refractivity contribution in [2.24, 2.45) is 5.92 Å². The summed E-state index contributed by atoms with van der Waals surface area (Å²) < 4.78 is 29.1. The molecule has 2 fully saturated rings. The lowest BCUT2D eigenvalue weighted by Gasteiger charge is -2.28. The van der Waals surface area contributed by atoms with Crippen molar-refractivity contribution in [2.75, 3.05) is 6.54 Å². The molecule has 6 rings (SSSR count). The Bertz CT molecular complexity index is 1430. The normalized spacial score (nSPS) is 19.7. The van der Waals surface area contributed by atoms with Crippen molar-refractivity contribution in [3.63, 3.8) is 0 Å². The molecule has 0 spiro atoms. The Labute approximate surface area is 212 Å². The molecule has 2 aliphatic rings. The van der Waals surface area contributed by atoms with Crippen LogP contribution in [0.1, 0.15) is 66.4 Å². The number of amides is 1. The molecule has 2 saturated carbocycles. The number of halogens is 2. The molecule has 9 heteroatoms. The first-order valence-electron chi connectivity index (χ1n) is 12.7. The number of nitrogens with zero attached hydrogens (tertiary/aromatic N) is 4. The Hall–Kier alpha value is -3.88. The lowest BCUT2D eigenvalue weighted by atomic mass is 9.86. The summed E-state index contributed by atoms with van der Waals surface area (Å²) in [5.74, 6) is -2.31. The molecule has 2 heterocycles. The van der Waals surface area contributed by atoms with E-state index in [1.165, 1.54) is 18.4 Å². The topological polar surface area (TPSA) is 92.9 Å². The van der Waals surface area contributed by atoms with Crippen molar-refractivity contribution in [3.05, 3.63) is 71.7 Å². The van der Waals surface area contributed by atoms with E-state index in [4.69, 9.17) is 5.10 Å². The fourth-order valence-electron chi connectivity index (χ4n) is 5.13. The third kappa shape index (κ3) is 4.90. The molecule has 2 aromatic carbocycles. The SMILES string of the molecule is O=C(NCC1CCC(n2cc3ccc(-c4ncc(C5CC5)cn4)cc3n2)CC1)c1cc(F)c(O)c(F)c1. The second-order valence-corrected chi connectivity index (χ2v) is 10.2. The molecular weight excluding hydrogens is 476 g/mol. The van der Waals surface area contributed by atoms with E-state index in [1.807, 2.05) is 29.2 Å². The molecule has 0 aliphatic heterocycles. The monoisotopic (exact) mass is 503 g/mol. The minimum atomic E-state index is -1.15. The Balaban J connectivity index is 1.06. The molecular formula is C28H27F2N5O2. The minimum absolute atomic E-state index is 0.145. The average Bonchev–Trinajstić information content (AvgIpc) is 3.68. The predicted octanol–water partition coefficient (Wildman–Crippen LogP) is 5.52. The molecule has 7 nitrogen and oxygen atoms in total. The number of fused-ring (bicyclic) bond motifs is 1. The number of carbonyl (C=O) groups is 1. The van der Waals surface area contributed by atoms with Gasteiger partial charge < -0.3 is 10.4 Å². The first-order valence-corrected chi connectivity index (χ1v) is 12.7. The average molecular weight is 504 g/mol. The Morgan fingerprint density at radius 1 is 1.00 bits per heavy atom. The zero-order valence-corrected chi connectivity index (χ0v) is 20.2.